The lowest BCUT2D eigenvalue weighted by Gasteiger charge is -2.15. The summed E-state index contributed by atoms with van der Waals surface area (Å²) in [4.78, 5) is 12.5. The zero-order chi connectivity index (χ0) is 19.8. The Hall–Kier alpha value is -2.60. The van der Waals surface area contributed by atoms with E-state index in [0.29, 0.717) is 23.8 Å². The Kier molecular flexibility index (Phi) is 7.61. The van der Waals surface area contributed by atoms with E-state index in [2.05, 4.69) is 24.5 Å². The monoisotopic (exact) mass is 386 g/mol. The number of hydrogen-bond acceptors (Lipinski definition) is 4. The number of nitrogens with one attached hydrogen (secondary N) is 2. The highest BCUT2D eigenvalue weighted by atomic mass is 32.1. The smallest absolute Gasteiger partial charge is 0.261 e. The van der Waals surface area contributed by atoms with Crippen LogP contribution in [0.3, 0.4) is 0 Å². The van der Waals surface area contributed by atoms with Crippen molar-refractivity contribution in [3.05, 3.63) is 54.1 Å². The number of carbonyl (C=O) groups excluding carboxylic acids is 1. The van der Waals surface area contributed by atoms with E-state index in [1.807, 2.05) is 44.2 Å². The van der Waals surface area contributed by atoms with Crippen molar-refractivity contribution in [3.63, 3.8) is 0 Å². The van der Waals surface area contributed by atoms with E-state index >= 15 is 0 Å². The maximum atomic E-state index is 12.5. The van der Waals surface area contributed by atoms with Gasteiger partial charge in [-0.1, -0.05) is 26.0 Å². The average molecular weight is 387 g/mol. The van der Waals surface area contributed by atoms with Crippen LogP contribution < -0.4 is 20.1 Å². The quantitative estimate of drug-likeness (QED) is 0.679. The fourth-order valence-corrected chi connectivity index (χ4v) is 2.45. The molecule has 2 rings (SSSR count). The van der Waals surface area contributed by atoms with Crippen LogP contribution in [-0.4, -0.2) is 23.7 Å². The minimum atomic E-state index is -0.319. The van der Waals surface area contributed by atoms with Crippen molar-refractivity contribution < 1.29 is 14.3 Å². The van der Waals surface area contributed by atoms with Gasteiger partial charge in [-0.25, -0.2) is 0 Å². The predicted molar refractivity (Wildman–Crippen MR) is 113 cm³/mol. The second-order valence-corrected chi connectivity index (χ2v) is 7.21. The third-order valence-corrected chi connectivity index (χ3v) is 3.62. The Morgan fingerprint density at radius 1 is 1.04 bits per heavy atom. The first-order valence-corrected chi connectivity index (χ1v) is 9.37. The molecular formula is C21H26N2O3S. The highest BCUT2D eigenvalue weighted by molar-refractivity contribution is 7.80. The Morgan fingerprint density at radius 3 is 2.33 bits per heavy atom. The molecule has 0 unspecified atom stereocenters. The van der Waals surface area contributed by atoms with E-state index in [1.54, 1.807) is 18.2 Å². The van der Waals surface area contributed by atoms with E-state index < -0.39 is 0 Å². The summed E-state index contributed by atoms with van der Waals surface area (Å²) < 4.78 is 11.3. The zero-order valence-electron chi connectivity index (χ0n) is 16.1. The standard InChI is InChI=1S/C21H26N2O3S/c1-14(2)13-25-17-11-9-16(10-12-17)22-21(27)23-20(24)18-7-5-6-8-19(18)26-15(3)4/h5-12,14-15H,13H2,1-4H3,(H2,22,23,24,27). The Labute approximate surface area is 166 Å². The number of anilines is 1. The first kappa shape index (κ1) is 20.7. The largest absolute Gasteiger partial charge is 0.493 e. The molecule has 27 heavy (non-hydrogen) atoms. The highest BCUT2D eigenvalue weighted by Crippen LogP contribution is 2.20. The fourth-order valence-electron chi connectivity index (χ4n) is 2.24. The van der Waals surface area contributed by atoms with Gasteiger partial charge in [0, 0.05) is 5.69 Å². The number of amides is 1. The van der Waals surface area contributed by atoms with Crippen LogP contribution in [0.2, 0.25) is 0 Å². The molecular weight excluding hydrogens is 360 g/mol. The van der Waals surface area contributed by atoms with Crippen molar-refractivity contribution in [3.8, 4) is 11.5 Å². The molecule has 1 amide bonds. The summed E-state index contributed by atoms with van der Waals surface area (Å²) in [5.41, 5.74) is 1.21. The molecule has 0 bridgehead atoms. The van der Waals surface area contributed by atoms with Crippen LogP contribution in [0.4, 0.5) is 5.69 Å². The summed E-state index contributed by atoms with van der Waals surface area (Å²) in [6.45, 7) is 8.69. The third-order valence-electron chi connectivity index (χ3n) is 3.42. The van der Waals surface area contributed by atoms with E-state index in [0.717, 1.165) is 11.4 Å². The average Bonchev–Trinajstić information content (AvgIpc) is 2.61. The Balaban J connectivity index is 1.95. The summed E-state index contributed by atoms with van der Waals surface area (Å²) >= 11 is 5.25. The van der Waals surface area contributed by atoms with Crippen LogP contribution in [0.5, 0.6) is 11.5 Å². The van der Waals surface area contributed by atoms with Gasteiger partial charge in [-0.3, -0.25) is 10.1 Å². The summed E-state index contributed by atoms with van der Waals surface area (Å²) in [6, 6.07) is 14.5. The van der Waals surface area contributed by atoms with Crippen molar-refractivity contribution in [2.75, 3.05) is 11.9 Å². The van der Waals surface area contributed by atoms with Gasteiger partial charge in [0.05, 0.1) is 18.3 Å². The van der Waals surface area contributed by atoms with Crippen molar-refractivity contribution in [1.82, 2.24) is 5.32 Å². The van der Waals surface area contributed by atoms with Gasteiger partial charge in [0.2, 0.25) is 0 Å². The van der Waals surface area contributed by atoms with Crippen LogP contribution in [0.1, 0.15) is 38.1 Å². The molecule has 2 N–H and O–H groups in total. The summed E-state index contributed by atoms with van der Waals surface area (Å²) in [7, 11) is 0. The van der Waals surface area contributed by atoms with Gasteiger partial charge in [-0.05, 0) is 68.4 Å². The first-order valence-electron chi connectivity index (χ1n) is 8.96. The van der Waals surface area contributed by atoms with Gasteiger partial charge in [-0.2, -0.15) is 0 Å². The van der Waals surface area contributed by atoms with E-state index in [4.69, 9.17) is 21.7 Å². The minimum absolute atomic E-state index is 0.0274. The second kappa shape index (κ2) is 9.92. The number of benzene rings is 2. The number of rotatable bonds is 7. The van der Waals surface area contributed by atoms with Crippen molar-refractivity contribution in [1.29, 1.82) is 0 Å². The molecule has 0 aliphatic heterocycles. The molecule has 0 spiro atoms. The Bertz CT molecular complexity index is 773. The fraction of sp³-hybridized carbons (Fsp3) is 0.333. The number of para-hydroxylation sites is 1. The molecule has 2 aromatic carbocycles. The maximum Gasteiger partial charge on any atom is 0.261 e. The van der Waals surface area contributed by atoms with E-state index in [1.165, 1.54) is 0 Å². The molecule has 144 valence electrons. The molecule has 6 heteroatoms. The second-order valence-electron chi connectivity index (χ2n) is 6.80. The lowest BCUT2D eigenvalue weighted by atomic mass is 10.2. The molecule has 0 aliphatic carbocycles. The summed E-state index contributed by atoms with van der Waals surface area (Å²) in [5, 5.41) is 5.90. The molecule has 0 heterocycles. The van der Waals surface area contributed by atoms with Crippen molar-refractivity contribution in [2.24, 2.45) is 5.92 Å². The topological polar surface area (TPSA) is 59.6 Å². The predicted octanol–water partition coefficient (Wildman–Crippen LogP) is 4.64. The highest BCUT2D eigenvalue weighted by Gasteiger charge is 2.14. The van der Waals surface area contributed by atoms with Crippen molar-refractivity contribution in [2.45, 2.75) is 33.8 Å². The SMILES string of the molecule is CC(C)COc1ccc(NC(=S)NC(=O)c2ccccc2OC(C)C)cc1. The van der Waals surface area contributed by atoms with Crippen molar-refractivity contribution >= 4 is 28.9 Å². The zero-order valence-corrected chi connectivity index (χ0v) is 16.9. The molecule has 0 saturated heterocycles. The molecule has 5 nitrogen and oxygen atoms in total. The van der Waals surface area contributed by atoms with Crippen LogP contribution in [-0.2, 0) is 0 Å². The van der Waals surface area contributed by atoms with Gasteiger partial charge in [0.25, 0.3) is 5.91 Å². The van der Waals surface area contributed by atoms with Gasteiger partial charge in [0.15, 0.2) is 5.11 Å². The molecule has 0 atom stereocenters. The van der Waals surface area contributed by atoms with Gasteiger partial charge >= 0.3 is 0 Å². The number of carbonyl (C=O) groups is 1. The summed E-state index contributed by atoms with van der Waals surface area (Å²) in [5.74, 6) is 1.47. The van der Waals surface area contributed by atoms with Gasteiger partial charge in [0.1, 0.15) is 11.5 Å². The van der Waals surface area contributed by atoms with Gasteiger partial charge < -0.3 is 14.8 Å². The van der Waals surface area contributed by atoms with Crippen LogP contribution in [0, 0.1) is 5.92 Å². The summed E-state index contributed by atoms with van der Waals surface area (Å²) in [6.07, 6.45) is -0.0274. The molecule has 0 aliphatic rings. The van der Waals surface area contributed by atoms with E-state index in [-0.39, 0.29) is 17.1 Å². The number of thiocarbonyl (C=S) groups is 1. The normalized spacial score (nSPS) is 10.6. The van der Waals surface area contributed by atoms with Gasteiger partial charge in [-0.15, -0.1) is 0 Å². The van der Waals surface area contributed by atoms with Crippen LogP contribution >= 0.6 is 12.2 Å². The first-order chi connectivity index (χ1) is 12.8. The lowest BCUT2D eigenvalue weighted by Crippen LogP contribution is -2.34. The minimum Gasteiger partial charge on any atom is -0.493 e. The third kappa shape index (κ3) is 6.90. The molecule has 0 fully saturated rings. The molecule has 0 radical (unpaired) electrons. The Morgan fingerprint density at radius 2 is 1.70 bits per heavy atom. The van der Waals surface area contributed by atoms with Crippen LogP contribution in [0.25, 0.3) is 0 Å². The molecule has 0 aromatic heterocycles. The van der Waals surface area contributed by atoms with E-state index in [9.17, 15) is 4.79 Å². The molecule has 0 saturated carbocycles. The number of hydrogen-bond donors (Lipinski definition) is 2. The lowest BCUT2D eigenvalue weighted by molar-refractivity contribution is 0.0972. The van der Waals surface area contributed by atoms with Crippen LogP contribution in [0.15, 0.2) is 48.5 Å². The number of ether oxygens (including phenoxy) is 2. The maximum absolute atomic E-state index is 12.5. The molecule has 2 aromatic rings.